The van der Waals surface area contributed by atoms with E-state index in [9.17, 15) is 9.50 Å². The molecular weight excluding hydrogens is 309 g/mol. The molecule has 4 heteroatoms. The topological polar surface area (TPSA) is 32.3 Å². The molecule has 1 unspecified atom stereocenters. The minimum Gasteiger partial charge on any atom is -0.394 e. The molecule has 0 amide bonds. The molecule has 0 aliphatic rings. The van der Waals surface area contributed by atoms with Gasteiger partial charge in [0.05, 0.1) is 12.6 Å². The molecule has 19 heavy (non-hydrogen) atoms. The third-order valence-electron chi connectivity index (χ3n) is 2.93. The van der Waals surface area contributed by atoms with Crippen molar-refractivity contribution in [3.63, 3.8) is 0 Å². The molecule has 0 radical (unpaired) electrons. The molecule has 2 aromatic rings. The second-order valence-electron chi connectivity index (χ2n) is 4.40. The molecule has 0 fully saturated rings. The average molecular weight is 324 g/mol. The van der Waals surface area contributed by atoms with Crippen LogP contribution in [0.5, 0.6) is 0 Å². The quantitative estimate of drug-likeness (QED) is 0.889. The van der Waals surface area contributed by atoms with Crippen molar-refractivity contribution in [2.24, 2.45) is 0 Å². The van der Waals surface area contributed by atoms with Crippen molar-refractivity contribution < 1.29 is 9.50 Å². The number of benzene rings is 2. The molecule has 100 valence electrons. The maximum Gasteiger partial charge on any atom is 0.125 e. The molecule has 0 saturated carbocycles. The third kappa shape index (κ3) is 3.55. The van der Waals surface area contributed by atoms with E-state index in [1.54, 1.807) is 12.1 Å². The fraction of sp³-hybridized carbons (Fsp3) is 0.200. The van der Waals surface area contributed by atoms with Gasteiger partial charge in [0.1, 0.15) is 5.82 Å². The van der Waals surface area contributed by atoms with Crippen LogP contribution in [0.4, 0.5) is 10.1 Å². The summed E-state index contributed by atoms with van der Waals surface area (Å²) >= 11 is 3.44. The predicted molar refractivity (Wildman–Crippen MR) is 78.7 cm³/mol. The summed E-state index contributed by atoms with van der Waals surface area (Å²) in [6.45, 7) is 1.93. The second-order valence-corrected chi connectivity index (χ2v) is 5.25. The first-order valence-corrected chi connectivity index (χ1v) is 6.78. The van der Waals surface area contributed by atoms with Gasteiger partial charge < -0.3 is 10.4 Å². The summed E-state index contributed by atoms with van der Waals surface area (Å²) in [4.78, 5) is 0. The molecule has 0 aliphatic carbocycles. The van der Waals surface area contributed by atoms with E-state index >= 15 is 0 Å². The van der Waals surface area contributed by atoms with Crippen LogP contribution >= 0.6 is 15.9 Å². The number of rotatable bonds is 4. The van der Waals surface area contributed by atoms with Crippen molar-refractivity contribution in [1.29, 1.82) is 0 Å². The fourth-order valence-electron chi connectivity index (χ4n) is 1.90. The third-order valence-corrected chi connectivity index (χ3v) is 3.82. The Hall–Kier alpha value is -1.39. The Morgan fingerprint density at radius 3 is 2.68 bits per heavy atom. The maximum atomic E-state index is 13.1. The zero-order valence-electron chi connectivity index (χ0n) is 10.5. The van der Waals surface area contributed by atoms with Crippen LogP contribution in [0.15, 0.2) is 46.9 Å². The summed E-state index contributed by atoms with van der Waals surface area (Å²) in [6, 6.07) is 11.8. The average Bonchev–Trinajstić information content (AvgIpc) is 2.39. The molecule has 0 aromatic heterocycles. The Kier molecular flexibility index (Phi) is 4.56. The zero-order valence-corrected chi connectivity index (χ0v) is 12.1. The van der Waals surface area contributed by atoms with E-state index in [2.05, 4.69) is 21.2 Å². The summed E-state index contributed by atoms with van der Waals surface area (Å²) in [5, 5.41) is 12.6. The van der Waals surface area contributed by atoms with Crippen LogP contribution in [-0.2, 0) is 0 Å². The van der Waals surface area contributed by atoms with Crippen LogP contribution in [0.1, 0.15) is 17.2 Å². The largest absolute Gasteiger partial charge is 0.394 e. The molecule has 0 bridgehead atoms. The Morgan fingerprint density at radius 1 is 1.26 bits per heavy atom. The van der Waals surface area contributed by atoms with Crippen LogP contribution in [0.3, 0.4) is 0 Å². The van der Waals surface area contributed by atoms with E-state index in [0.717, 1.165) is 15.6 Å². The first-order chi connectivity index (χ1) is 9.10. The minimum absolute atomic E-state index is 0.0580. The van der Waals surface area contributed by atoms with Crippen LogP contribution in [-0.4, -0.2) is 11.7 Å². The summed E-state index contributed by atoms with van der Waals surface area (Å²) in [5.74, 6) is -0.298. The molecule has 0 saturated heterocycles. The van der Waals surface area contributed by atoms with Gasteiger partial charge in [-0.25, -0.2) is 4.39 Å². The van der Waals surface area contributed by atoms with E-state index in [1.165, 1.54) is 12.1 Å². The van der Waals surface area contributed by atoms with Gasteiger partial charge in [-0.1, -0.05) is 34.1 Å². The number of halogens is 2. The zero-order chi connectivity index (χ0) is 13.8. The smallest absolute Gasteiger partial charge is 0.125 e. The molecule has 2 rings (SSSR count). The van der Waals surface area contributed by atoms with E-state index in [4.69, 9.17) is 0 Å². The first-order valence-electron chi connectivity index (χ1n) is 5.99. The van der Waals surface area contributed by atoms with Crippen molar-refractivity contribution in [2.75, 3.05) is 11.9 Å². The van der Waals surface area contributed by atoms with E-state index in [1.807, 2.05) is 25.1 Å². The highest BCUT2D eigenvalue weighted by molar-refractivity contribution is 9.10. The van der Waals surface area contributed by atoms with Gasteiger partial charge >= 0.3 is 0 Å². The summed E-state index contributed by atoms with van der Waals surface area (Å²) in [5.41, 5.74) is 2.71. The SMILES string of the molecule is Cc1cc(C(CO)Nc2cccc(F)c2)ccc1Br. The molecule has 1 atom stereocenters. The molecule has 0 aliphatic heterocycles. The highest BCUT2D eigenvalue weighted by Gasteiger charge is 2.11. The number of aliphatic hydroxyl groups is 1. The maximum absolute atomic E-state index is 13.1. The van der Waals surface area contributed by atoms with Crippen molar-refractivity contribution in [3.8, 4) is 0 Å². The van der Waals surface area contributed by atoms with Crippen molar-refractivity contribution in [3.05, 3.63) is 63.9 Å². The molecule has 2 nitrogen and oxygen atoms in total. The van der Waals surface area contributed by atoms with Crippen molar-refractivity contribution in [2.45, 2.75) is 13.0 Å². The number of anilines is 1. The second kappa shape index (κ2) is 6.17. The lowest BCUT2D eigenvalue weighted by Crippen LogP contribution is -2.15. The lowest BCUT2D eigenvalue weighted by atomic mass is 10.0. The molecule has 2 aromatic carbocycles. The van der Waals surface area contributed by atoms with Gasteiger partial charge in [0, 0.05) is 10.2 Å². The first kappa shape index (κ1) is 14.0. The van der Waals surface area contributed by atoms with Crippen LogP contribution in [0.2, 0.25) is 0 Å². The lowest BCUT2D eigenvalue weighted by molar-refractivity contribution is 0.276. The van der Waals surface area contributed by atoms with Gasteiger partial charge in [-0.2, -0.15) is 0 Å². The van der Waals surface area contributed by atoms with E-state index in [0.29, 0.717) is 5.69 Å². The number of hydrogen-bond donors (Lipinski definition) is 2. The van der Waals surface area contributed by atoms with Crippen molar-refractivity contribution >= 4 is 21.6 Å². The highest BCUT2D eigenvalue weighted by atomic mass is 79.9. The minimum atomic E-state index is -0.298. The Labute approximate surface area is 120 Å². The molecule has 0 heterocycles. The summed E-state index contributed by atoms with van der Waals surface area (Å²) in [7, 11) is 0. The molecule has 0 spiro atoms. The van der Waals surface area contributed by atoms with E-state index < -0.39 is 0 Å². The van der Waals surface area contributed by atoms with Crippen LogP contribution in [0.25, 0.3) is 0 Å². The Balaban J connectivity index is 2.22. The summed E-state index contributed by atoms with van der Waals surface area (Å²) < 4.78 is 14.2. The predicted octanol–water partition coefficient (Wildman–Crippen LogP) is 4.04. The van der Waals surface area contributed by atoms with Gasteiger partial charge in [-0.3, -0.25) is 0 Å². The van der Waals surface area contributed by atoms with Gasteiger partial charge in [0.2, 0.25) is 0 Å². The van der Waals surface area contributed by atoms with Crippen molar-refractivity contribution in [1.82, 2.24) is 0 Å². The number of aryl methyl sites for hydroxylation is 1. The Bertz CT molecular complexity index is 574. The van der Waals surface area contributed by atoms with Gasteiger partial charge in [0.25, 0.3) is 0 Å². The summed E-state index contributed by atoms with van der Waals surface area (Å²) in [6.07, 6.45) is 0. The van der Waals surface area contributed by atoms with Gasteiger partial charge in [-0.05, 0) is 42.3 Å². The Morgan fingerprint density at radius 2 is 2.05 bits per heavy atom. The van der Waals surface area contributed by atoms with Crippen LogP contribution < -0.4 is 5.32 Å². The monoisotopic (exact) mass is 323 g/mol. The molecular formula is C15H15BrFNO. The number of aliphatic hydroxyl groups excluding tert-OH is 1. The number of nitrogens with one attached hydrogen (secondary N) is 1. The lowest BCUT2D eigenvalue weighted by Gasteiger charge is -2.19. The fourth-order valence-corrected chi connectivity index (χ4v) is 2.15. The van der Waals surface area contributed by atoms with Gasteiger partial charge in [0.15, 0.2) is 0 Å². The van der Waals surface area contributed by atoms with Crippen LogP contribution in [0, 0.1) is 12.7 Å². The van der Waals surface area contributed by atoms with E-state index in [-0.39, 0.29) is 18.5 Å². The van der Waals surface area contributed by atoms with Gasteiger partial charge in [-0.15, -0.1) is 0 Å². The highest BCUT2D eigenvalue weighted by Crippen LogP contribution is 2.24. The normalized spacial score (nSPS) is 12.2. The molecule has 2 N–H and O–H groups in total. The number of hydrogen-bond acceptors (Lipinski definition) is 2. The standard InChI is InChI=1S/C15H15BrFNO/c1-10-7-11(5-6-14(10)16)15(9-19)18-13-4-2-3-12(17)8-13/h2-8,15,18-19H,9H2,1H3.